The van der Waals surface area contributed by atoms with Crippen LogP contribution in [0.5, 0.6) is 5.75 Å². The fourth-order valence-electron chi connectivity index (χ4n) is 3.67. The fourth-order valence-corrected chi connectivity index (χ4v) is 7.93. The van der Waals surface area contributed by atoms with Gasteiger partial charge in [-0.05, 0) is 42.5 Å². The van der Waals surface area contributed by atoms with Crippen molar-refractivity contribution in [3.05, 3.63) is 121 Å². The molecule has 0 radical (unpaired) electrons. The van der Waals surface area contributed by atoms with Crippen LogP contribution in [0.3, 0.4) is 0 Å². The van der Waals surface area contributed by atoms with Gasteiger partial charge < -0.3 is 29.1 Å². The Hall–Kier alpha value is -2.16. The molecule has 0 amide bonds. The molecule has 140 valence electrons. The average molecular weight is 496 g/mol. The maximum atomic E-state index is 10.5. The number of hydrogen-bond donors (Lipinski definition) is 1. The Balaban J connectivity index is 0.00000225. The summed E-state index contributed by atoms with van der Waals surface area (Å²) in [7, 11) is -1.96. The molecule has 28 heavy (non-hydrogen) atoms. The topological polar surface area (TPSA) is 20.2 Å². The first-order valence-corrected chi connectivity index (χ1v) is 11.1. The Morgan fingerprint density at radius 3 is 1.25 bits per heavy atom. The number of para-hydroxylation sites is 1. The van der Waals surface area contributed by atoms with Crippen LogP contribution in [0.25, 0.3) is 0 Å². The van der Waals surface area contributed by atoms with Crippen molar-refractivity contribution in [3.8, 4) is 5.75 Å². The minimum absolute atomic E-state index is 0. The van der Waals surface area contributed by atoms with Gasteiger partial charge in [0, 0.05) is 5.56 Å². The van der Waals surface area contributed by atoms with Crippen molar-refractivity contribution >= 4 is 23.2 Å². The molecule has 4 aromatic rings. The van der Waals surface area contributed by atoms with Crippen LogP contribution >= 0.6 is 7.26 Å². The lowest BCUT2D eigenvalue weighted by Crippen LogP contribution is -3.00. The number of rotatable bonds is 5. The Bertz CT molecular complexity index is 907. The molecule has 0 saturated carbocycles. The molecule has 0 aliphatic carbocycles. The summed E-state index contributed by atoms with van der Waals surface area (Å²) < 4.78 is 0. The van der Waals surface area contributed by atoms with Crippen molar-refractivity contribution in [3.63, 3.8) is 0 Å². The van der Waals surface area contributed by atoms with Crippen molar-refractivity contribution in [2.24, 2.45) is 0 Å². The molecule has 1 nitrogen and oxygen atoms in total. The van der Waals surface area contributed by atoms with Crippen molar-refractivity contribution < 1.29 is 29.1 Å². The van der Waals surface area contributed by atoms with Crippen LogP contribution in [0.15, 0.2) is 115 Å². The zero-order chi connectivity index (χ0) is 18.5. The molecule has 0 heterocycles. The molecule has 4 aromatic carbocycles. The predicted octanol–water partition coefficient (Wildman–Crippen LogP) is 1.89. The normalized spacial score (nSPS) is 10.9. The van der Waals surface area contributed by atoms with Gasteiger partial charge in [-0.15, -0.1) is 0 Å². The number of phenols is 1. The number of halogens is 1. The van der Waals surface area contributed by atoms with E-state index in [0.717, 1.165) is 11.7 Å². The predicted molar refractivity (Wildman–Crippen MR) is 117 cm³/mol. The Morgan fingerprint density at radius 1 is 0.500 bits per heavy atom. The van der Waals surface area contributed by atoms with E-state index in [1.54, 1.807) is 6.07 Å². The third kappa shape index (κ3) is 3.99. The van der Waals surface area contributed by atoms with Gasteiger partial charge in [0.15, 0.2) is 0 Å². The third-order valence-corrected chi connectivity index (χ3v) is 9.34. The lowest BCUT2D eigenvalue weighted by Gasteiger charge is -2.28. The largest absolute Gasteiger partial charge is 1.00 e. The number of benzene rings is 4. The van der Waals surface area contributed by atoms with E-state index in [1.807, 2.05) is 18.2 Å². The molecule has 0 aliphatic heterocycles. The highest BCUT2D eigenvalue weighted by Gasteiger charge is 2.45. The maximum Gasteiger partial charge on any atom is 0.122 e. The first-order valence-electron chi connectivity index (χ1n) is 9.12. The van der Waals surface area contributed by atoms with Crippen LogP contribution in [0.2, 0.25) is 0 Å². The van der Waals surface area contributed by atoms with Gasteiger partial charge in [0.2, 0.25) is 0 Å². The molecule has 0 fully saturated rings. The van der Waals surface area contributed by atoms with E-state index in [2.05, 4.69) is 91.0 Å². The Labute approximate surface area is 184 Å². The second-order valence-corrected chi connectivity index (χ2v) is 10.1. The Kier molecular flexibility index (Phi) is 6.88. The van der Waals surface area contributed by atoms with Gasteiger partial charge in [0.05, 0.1) is 0 Å². The van der Waals surface area contributed by atoms with Crippen LogP contribution < -0.4 is 39.9 Å². The van der Waals surface area contributed by atoms with Crippen molar-refractivity contribution in [2.75, 3.05) is 0 Å². The van der Waals surface area contributed by atoms with Gasteiger partial charge in [-0.1, -0.05) is 72.8 Å². The lowest BCUT2D eigenvalue weighted by molar-refractivity contribution is -0.00000620. The quantitative estimate of drug-likeness (QED) is 0.331. The molecule has 3 heteroatoms. The smallest absolute Gasteiger partial charge is 0.122 e. The zero-order valence-corrected chi connectivity index (χ0v) is 18.5. The SMILES string of the molecule is Oc1ccccc1C[P+](c1ccccc1)(c1ccccc1)c1ccccc1.[I-]. The van der Waals surface area contributed by atoms with E-state index in [-0.39, 0.29) is 24.0 Å². The van der Waals surface area contributed by atoms with E-state index in [9.17, 15) is 5.11 Å². The van der Waals surface area contributed by atoms with Gasteiger partial charge >= 0.3 is 0 Å². The summed E-state index contributed by atoms with van der Waals surface area (Å²) in [5.41, 5.74) is 0.988. The molecule has 0 saturated heterocycles. The molecule has 0 atom stereocenters. The summed E-state index contributed by atoms with van der Waals surface area (Å²) in [4.78, 5) is 0. The fraction of sp³-hybridized carbons (Fsp3) is 0.0400. The first kappa shape index (κ1) is 20.6. The van der Waals surface area contributed by atoms with E-state index < -0.39 is 7.26 Å². The van der Waals surface area contributed by atoms with Crippen LogP contribution in [-0.2, 0) is 6.16 Å². The number of hydrogen-bond acceptors (Lipinski definition) is 1. The summed E-state index contributed by atoms with van der Waals surface area (Å²) in [5.74, 6) is 0.365. The van der Waals surface area contributed by atoms with Gasteiger partial charge in [-0.2, -0.15) is 0 Å². The van der Waals surface area contributed by atoms with Crippen molar-refractivity contribution in [1.82, 2.24) is 0 Å². The molecule has 0 bridgehead atoms. The van der Waals surface area contributed by atoms with Crippen LogP contribution in [0.1, 0.15) is 5.56 Å². The molecular formula is C25H22IOP. The average Bonchev–Trinajstić information content (AvgIpc) is 2.75. The summed E-state index contributed by atoms with van der Waals surface area (Å²) in [6.07, 6.45) is 0.789. The standard InChI is InChI=1S/C25H21OP.HI/c26-25-19-11-10-12-21(25)20-27(22-13-4-1-5-14-22,23-15-6-2-7-16-23)24-17-8-3-9-18-24;/h1-19H,20H2;1H. The third-order valence-electron chi connectivity index (χ3n) is 4.99. The molecule has 4 rings (SSSR count). The first-order chi connectivity index (χ1) is 13.3. The summed E-state index contributed by atoms with van der Waals surface area (Å²) in [5, 5.41) is 14.5. The van der Waals surface area contributed by atoms with E-state index >= 15 is 0 Å². The Morgan fingerprint density at radius 2 is 0.857 bits per heavy atom. The summed E-state index contributed by atoms with van der Waals surface area (Å²) >= 11 is 0. The molecule has 0 unspecified atom stereocenters. The van der Waals surface area contributed by atoms with E-state index in [4.69, 9.17) is 0 Å². The van der Waals surface area contributed by atoms with E-state index in [1.165, 1.54) is 15.9 Å². The zero-order valence-electron chi connectivity index (χ0n) is 15.4. The molecule has 0 aliphatic rings. The van der Waals surface area contributed by atoms with Gasteiger partial charge in [-0.25, -0.2) is 0 Å². The van der Waals surface area contributed by atoms with Gasteiger partial charge in [0.25, 0.3) is 0 Å². The van der Waals surface area contributed by atoms with Crippen LogP contribution in [0.4, 0.5) is 0 Å². The lowest BCUT2D eigenvalue weighted by atomic mass is 10.2. The second-order valence-electron chi connectivity index (χ2n) is 6.60. The maximum absolute atomic E-state index is 10.5. The van der Waals surface area contributed by atoms with Crippen LogP contribution in [-0.4, -0.2) is 5.11 Å². The number of phenolic OH excluding ortho intramolecular Hbond substituents is 1. The van der Waals surface area contributed by atoms with Gasteiger partial charge in [-0.3, -0.25) is 0 Å². The van der Waals surface area contributed by atoms with Crippen molar-refractivity contribution in [2.45, 2.75) is 6.16 Å². The summed E-state index contributed by atoms with van der Waals surface area (Å²) in [6, 6.07) is 40.0. The number of aromatic hydroxyl groups is 1. The summed E-state index contributed by atoms with van der Waals surface area (Å²) in [6.45, 7) is 0. The minimum Gasteiger partial charge on any atom is -1.00 e. The van der Waals surface area contributed by atoms with Crippen molar-refractivity contribution in [1.29, 1.82) is 0 Å². The highest BCUT2D eigenvalue weighted by Crippen LogP contribution is 2.58. The molecule has 0 spiro atoms. The minimum atomic E-state index is -1.96. The monoisotopic (exact) mass is 496 g/mol. The van der Waals surface area contributed by atoms with Gasteiger partial charge in [0.1, 0.15) is 35.1 Å². The van der Waals surface area contributed by atoms with Crippen LogP contribution in [0, 0.1) is 0 Å². The highest BCUT2D eigenvalue weighted by atomic mass is 127. The molecular weight excluding hydrogens is 474 g/mol. The highest BCUT2D eigenvalue weighted by molar-refractivity contribution is 7.95. The molecule has 1 N–H and O–H groups in total. The van der Waals surface area contributed by atoms with E-state index in [0.29, 0.717) is 5.75 Å². The second kappa shape index (κ2) is 9.36. The molecule has 0 aromatic heterocycles.